The average Bonchev–Trinajstić information content (AvgIpc) is 2.98. The van der Waals surface area contributed by atoms with Crippen LogP contribution in [0.25, 0.3) is 0 Å². The number of hydrogen-bond acceptors (Lipinski definition) is 4. The zero-order valence-corrected chi connectivity index (χ0v) is 13.0. The molecule has 0 radical (unpaired) electrons. The van der Waals surface area contributed by atoms with Crippen LogP contribution in [0.1, 0.15) is 51.4 Å². The lowest BCUT2D eigenvalue weighted by Gasteiger charge is -2.19. The van der Waals surface area contributed by atoms with E-state index >= 15 is 0 Å². The summed E-state index contributed by atoms with van der Waals surface area (Å²) in [5.74, 6) is 0.0818. The summed E-state index contributed by atoms with van der Waals surface area (Å²) in [6.45, 7) is 0.565. The lowest BCUT2D eigenvalue weighted by atomic mass is 10.2. The zero-order chi connectivity index (χ0) is 14.6. The van der Waals surface area contributed by atoms with Crippen molar-refractivity contribution in [3.05, 3.63) is 0 Å². The van der Waals surface area contributed by atoms with Gasteiger partial charge in [-0.3, -0.25) is 4.79 Å². The minimum absolute atomic E-state index is 0.0179. The highest BCUT2D eigenvalue weighted by atomic mass is 32.2. The number of nitrogens with one attached hydrogen (secondary N) is 2. The molecule has 2 rings (SSSR count). The highest BCUT2D eigenvalue weighted by Crippen LogP contribution is 2.25. The third-order valence-corrected chi connectivity index (χ3v) is 6.15. The van der Waals surface area contributed by atoms with E-state index in [1.165, 1.54) is 19.1 Å². The van der Waals surface area contributed by atoms with E-state index in [1.54, 1.807) is 0 Å². The number of amides is 1. The smallest absolute Gasteiger partial charge is 0.221 e. The number of rotatable bonds is 6. The normalized spacial score (nSPS) is 27.9. The van der Waals surface area contributed by atoms with Crippen LogP contribution in [0.3, 0.4) is 0 Å². The molecule has 2 saturated carbocycles. The van der Waals surface area contributed by atoms with Gasteiger partial charge in [-0.05, 0) is 25.7 Å². The van der Waals surface area contributed by atoms with Crippen LogP contribution < -0.4 is 10.6 Å². The second-order valence-electron chi connectivity index (χ2n) is 6.16. The van der Waals surface area contributed by atoms with Crippen LogP contribution in [0.4, 0.5) is 0 Å². The Morgan fingerprint density at radius 3 is 2.45 bits per heavy atom. The summed E-state index contributed by atoms with van der Waals surface area (Å²) in [7, 11) is -2.98. The fourth-order valence-corrected chi connectivity index (χ4v) is 4.84. The van der Waals surface area contributed by atoms with E-state index in [0.29, 0.717) is 19.0 Å². The summed E-state index contributed by atoms with van der Waals surface area (Å²) in [6.07, 6.45) is 8.93. The van der Waals surface area contributed by atoms with Gasteiger partial charge in [-0.2, -0.15) is 0 Å². The van der Waals surface area contributed by atoms with Gasteiger partial charge in [0.2, 0.25) is 5.91 Å². The fourth-order valence-electron chi connectivity index (χ4n) is 3.41. The van der Waals surface area contributed by atoms with Gasteiger partial charge in [-0.25, -0.2) is 8.42 Å². The molecule has 2 fully saturated rings. The third kappa shape index (κ3) is 4.45. The van der Waals surface area contributed by atoms with Crippen LogP contribution >= 0.6 is 0 Å². The summed E-state index contributed by atoms with van der Waals surface area (Å²) in [5.41, 5.74) is 0. The van der Waals surface area contributed by atoms with Crippen molar-refractivity contribution in [1.29, 1.82) is 0 Å². The molecule has 0 aromatic rings. The van der Waals surface area contributed by atoms with Gasteiger partial charge in [-0.15, -0.1) is 0 Å². The maximum absolute atomic E-state index is 11.8. The van der Waals surface area contributed by atoms with Crippen LogP contribution in [0.15, 0.2) is 0 Å². The van der Waals surface area contributed by atoms with Gasteiger partial charge in [0.1, 0.15) is 0 Å². The molecule has 0 aromatic heterocycles. The Labute approximate surface area is 121 Å². The van der Waals surface area contributed by atoms with E-state index < -0.39 is 9.84 Å². The topological polar surface area (TPSA) is 75.3 Å². The molecule has 0 aliphatic heterocycles. The first-order valence-corrected chi connectivity index (χ1v) is 9.64. The third-order valence-electron chi connectivity index (χ3n) is 4.48. The Morgan fingerprint density at radius 2 is 1.80 bits per heavy atom. The Bertz CT molecular complexity index is 430. The van der Waals surface area contributed by atoms with Crippen molar-refractivity contribution >= 4 is 15.7 Å². The van der Waals surface area contributed by atoms with Gasteiger partial charge in [-0.1, -0.05) is 19.3 Å². The highest BCUT2D eigenvalue weighted by molar-refractivity contribution is 7.91. The molecule has 2 atom stereocenters. The molecule has 2 aliphatic carbocycles. The van der Waals surface area contributed by atoms with E-state index in [4.69, 9.17) is 0 Å². The number of carbonyl (C=O) groups excluding carboxylic acids is 1. The van der Waals surface area contributed by atoms with Crippen molar-refractivity contribution in [2.45, 2.75) is 68.7 Å². The van der Waals surface area contributed by atoms with E-state index in [1.807, 2.05) is 0 Å². The van der Waals surface area contributed by atoms with E-state index in [-0.39, 0.29) is 17.2 Å². The molecule has 5 nitrogen and oxygen atoms in total. The fraction of sp³-hybridized carbons (Fsp3) is 0.929. The van der Waals surface area contributed by atoms with Crippen molar-refractivity contribution in [1.82, 2.24) is 10.6 Å². The molecular formula is C14H26N2O3S. The van der Waals surface area contributed by atoms with Crippen molar-refractivity contribution in [3.8, 4) is 0 Å². The van der Waals surface area contributed by atoms with Gasteiger partial charge >= 0.3 is 0 Å². The van der Waals surface area contributed by atoms with Crippen molar-refractivity contribution < 1.29 is 13.2 Å². The van der Waals surface area contributed by atoms with Crippen LogP contribution in [0.2, 0.25) is 0 Å². The first-order chi connectivity index (χ1) is 9.47. The van der Waals surface area contributed by atoms with Crippen LogP contribution in [0.5, 0.6) is 0 Å². The molecule has 2 aliphatic rings. The van der Waals surface area contributed by atoms with Crippen molar-refractivity contribution in [2.24, 2.45) is 0 Å². The Morgan fingerprint density at radius 1 is 1.10 bits per heavy atom. The van der Waals surface area contributed by atoms with Crippen LogP contribution in [-0.2, 0) is 14.6 Å². The molecule has 0 unspecified atom stereocenters. The van der Waals surface area contributed by atoms with Crippen LogP contribution in [0, 0.1) is 0 Å². The molecule has 0 heterocycles. The Balaban J connectivity index is 1.68. The minimum Gasteiger partial charge on any atom is -0.353 e. The van der Waals surface area contributed by atoms with Crippen molar-refractivity contribution in [3.63, 3.8) is 0 Å². The molecule has 0 aromatic carbocycles. The lowest BCUT2D eigenvalue weighted by Crippen LogP contribution is -2.42. The highest BCUT2D eigenvalue weighted by Gasteiger charge is 2.34. The first kappa shape index (κ1) is 15.8. The first-order valence-electron chi connectivity index (χ1n) is 7.68. The Kier molecular flexibility index (Phi) is 5.43. The predicted molar refractivity (Wildman–Crippen MR) is 79.3 cm³/mol. The maximum Gasteiger partial charge on any atom is 0.221 e. The zero-order valence-electron chi connectivity index (χ0n) is 12.2. The van der Waals surface area contributed by atoms with E-state index in [9.17, 15) is 13.2 Å². The van der Waals surface area contributed by atoms with Crippen molar-refractivity contribution in [2.75, 3.05) is 12.8 Å². The predicted octanol–water partition coefficient (Wildman–Crippen LogP) is 0.991. The summed E-state index contributed by atoms with van der Waals surface area (Å²) in [5, 5.41) is 6.03. The second-order valence-corrected chi connectivity index (χ2v) is 8.42. The summed E-state index contributed by atoms with van der Waals surface area (Å²) >= 11 is 0. The summed E-state index contributed by atoms with van der Waals surface area (Å²) in [4.78, 5) is 11.8. The number of sulfone groups is 1. The molecule has 1 amide bonds. The van der Waals surface area contributed by atoms with Gasteiger partial charge in [0.05, 0.1) is 5.25 Å². The molecule has 2 N–H and O–H groups in total. The van der Waals surface area contributed by atoms with Gasteiger partial charge < -0.3 is 10.6 Å². The Hall–Kier alpha value is -0.620. The van der Waals surface area contributed by atoms with Gasteiger partial charge in [0, 0.05) is 31.3 Å². The quantitative estimate of drug-likeness (QED) is 0.767. The molecule has 0 bridgehead atoms. The van der Waals surface area contributed by atoms with Gasteiger partial charge in [0.25, 0.3) is 0 Å². The molecule has 20 heavy (non-hydrogen) atoms. The monoisotopic (exact) mass is 302 g/mol. The van der Waals surface area contributed by atoms with Gasteiger partial charge in [0.15, 0.2) is 9.84 Å². The molecule has 0 spiro atoms. The van der Waals surface area contributed by atoms with Crippen LogP contribution in [-0.4, -0.2) is 44.5 Å². The molecular weight excluding hydrogens is 276 g/mol. The van der Waals surface area contributed by atoms with E-state index in [0.717, 1.165) is 32.1 Å². The molecule has 116 valence electrons. The largest absolute Gasteiger partial charge is 0.353 e. The summed E-state index contributed by atoms with van der Waals surface area (Å²) < 4.78 is 23.3. The summed E-state index contributed by atoms with van der Waals surface area (Å²) in [6, 6.07) is 0.377. The minimum atomic E-state index is -2.98. The standard InChI is InChI=1S/C14H26N2O3S/c1-20(18,19)13-8-4-7-12(13)15-10-9-14(17)16-11-5-2-3-6-11/h11-13,15H,2-10H2,1H3,(H,16,17)/t12-,13-/m1/s1. The number of carbonyl (C=O) groups is 1. The lowest BCUT2D eigenvalue weighted by molar-refractivity contribution is -0.121. The molecule has 6 heteroatoms. The number of hydrogen-bond donors (Lipinski definition) is 2. The SMILES string of the molecule is CS(=O)(=O)[C@@H]1CCC[C@H]1NCCC(=O)NC1CCCC1. The second kappa shape index (κ2) is 6.89. The maximum atomic E-state index is 11.8. The van der Waals surface area contributed by atoms with E-state index in [2.05, 4.69) is 10.6 Å². The average molecular weight is 302 g/mol. The molecule has 0 saturated heterocycles.